The van der Waals surface area contributed by atoms with Gasteiger partial charge in [-0.3, -0.25) is 4.79 Å². The maximum Gasteiger partial charge on any atom is 0.310 e. The van der Waals surface area contributed by atoms with E-state index in [0.29, 0.717) is 32.3 Å². The molecular formula is C18H32O4. The van der Waals surface area contributed by atoms with Gasteiger partial charge in [0.05, 0.1) is 25.7 Å². The summed E-state index contributed by atoms with van der Waals surface area (Å²) in [7, 11) is 0. The van der Waals surface area contributed by atoms with Crippen molar-refractivity contribution in [3.8, 4) is 0 Å². The summed E-state index contributed by atoms with van der Waals surface area (Å²) in [6.45, 7) is 13.2. The maximum absolute atomic E-state index is 12.1. The molecule has 128 valence electrons. The van der Waals surface area contributed by atoms with Gasteiger partial charge in [-0.1, -0.05) is 38.8 Å². The van der Waals surface area contributed by atoms with Gasteiger partial charge in [-0.2, -0.15) is 0 Å². The number of hydrogen-bond acceptors (Lipinski definition) is 4. The minimum absolute atomic E-state index is 0.0141. The summed E-state index contributed by atoms with van der Waals surface area (Å²) < 4.78 is 16.1. The molecule has 0 bridgehead atoms. The number of allylic oxidation sites excluding steroid dienone is 2. The number of ether oxygens (including phenoxy) is 3. The molecule has 1 saturated carbocycles. The van der Waals surface area contributed by atoms with Crippen LogP contribution >= 0.6 is 0 Å². The van der Waals surface area contributed by atoms with E-state index in [9.17, 15) is 4.79 Å². The fourth-order valence-corrected chi connectivity index (χ4v) is 2.66. The Kier molecular flexibility index (Phi) is 8.12. The van der Waals surface area contributed by atoms with Crippen molar-refractivity contribution >= 4 is 5.97 Å². The lowest BCUT2D eigenvalue weighted by Gasteiger charge is -2.07. The zero-order chi connectivity index (χ0) is 16.6. The van der Waals surface area contributed by atoms with E-state index in [1.54, 1.807) is 0 Å². The quantitative estimate of drug-likeness (QED) is 0.332. The van der Waals surface area contributed by atoms with E-state index in [-0.39, 0.29) is 17.3 Å². The Hall–Kier alpha value is -0.870. The van der Waals surface area contributed by atoms with Crippen molar-refractivity contribution in [1.29, 1.82) is 0 Å². The SMILES string of the molecule is CCCCOCCOCCOC(=O)C1C(C=C(C)C)C1(C)C. The second-order valence-electron chi connectivity index (χ2n) is 6.81. The van der Waals surface area contributed by atoms with Crippen LogP contribution in [0.4, 0.5) is 0 Å². The Morgan fingerprint density at radius 1 is 1.05 bits per heavy atom. The summed E-state index contributed by atoms with van der Waals surface area (Å²) in [5.74, 6) is 0.188. The van der Waals surface area contributed by atoms with Crippen LogP contribution in [0.5, 0.6) is 0 Å². The predicted molar refractivity (Wildman–Crippen MR) is 87.7 cm³/mol. The van der Waals surface area contributed by atoms with Crippen molar-refractivity contribution < 1.29 is 19.0 Å². The smallest absolute Gasteiger partial charge is 0.310 e. The highest BCUT2D eigenvalue weighted by Crippen LogP contribution is 2.59. The highest BCUT2D eigenvalue weighted by atomic mass is 16.6. The molecule has 0 amide bonds. The first-order valence-corrected chi connectivity index (χ1v) is 8.38. The normalized spacial score (nSPS) is 22.2. The molecular weight excluding hydrogens is 280 g/mol. The highest BCUT2D eigenvalue weighted by Gasteiger charge is 2.61. The van der Waals surface area contributed by atoms with Gasteiger partial charge in [0.1, 0.15) is 6.61 Å². The minimum Gasteiger partial charge on any atom is -0.463 e. The standard InChI is InChI=1S/C18H32O4/c1-6-7-8-20-9-10-21-11-12-22-17(19)16-15(13-14(2)3)18(16,4)5/h13,15-16H,6-12H2,1-5H3. The van der Waals surface area contributed by atoms with Gasteiger partial charge in [-0.25, -0.2) is 0 Å². The largest absolute Gasteiger partial charge is 0.463 e. The first kappa shape index (κ1) is 19.2. The van der Waals surface area contributed by atoms with E-state index in [0.717, 1.165) is 19.4 Å². The lowest BCUT2D eigenvalue weighted by atomic mass is 10.1. The molecule has 22 heavy (non-hydrogen) atoms. The molecule has 1 fully saturated rings. The zero-order valence-corrected chi connectivity index (χ0v) is 14.8. The van der Waals surface area contributed by atoms with Crippen LogP contribution in [0.15, 0.2) is 11.6 Å². The lowest BCUT2D eigenvalue weighted by Crippen LogP contribution is -2.16. The van der Waals surface area contributed by atoms with E-state index >= 15 is 0 Å². The second-order valence-corrected chi connectivity index (χ2v) is 6.81. The van der Waals surface area contributed by atoms with Crippen molar-refractivity contribution in [2.75, 3.05) is 33.0 Å². The molecule has 0 saturated heterocycles. The van der Waals surface area contributed by atoms with E-state index in [2.05, 4.69) is 40.7 Å². The summed E-state index contributed by atoms with van der Waals surface area (Å²) >= 11 is 0. The molecule has 2 atom stereocenters. The predicted octanol–water partition coefficient (Wildman–Crippen LogP) is 3.60. The van der Waals surface area contributed by atoms with Crippen LogP contribution < -0.4 is 0 Å². The van der Waals surface area contributed by atoms with Gasteiger partial charge in [0.25, 0.3) is 0 Å². The van der Waals surface area contributed by atoms with Crippen molar-refractivity contribution in [3.05, 3.63) is 11.6 Å². The Balaban J connectivity index is 2.08. The van der Waals surface area contributed by atoms with E-state index in [1.807, 2.05) is 0 Å². The molecule has 0 aromatic carbocycles. The third kappa shape index (κ3) is 6.09. The van der Waals surface area contributed by atoms with E-state index in [1.165, 1.54) is 5.57 Å². The molecule has 4 nitrogen and oxygen atoms in total. The molecule has 2 unspecified atom stereocenters. The third-order valence-electron chi connectivity index (χ3n) is 4.16. The summed E-state index contributed by atoms with van der Waals surface area (Å²) in [6.07, 6.45) is 4.40. The minimum atomic E-state index is -0.102. The van der Waals surface area contributed by atoms with Gasteiger partial charge in [-0.05, 0) is 31.6 Å². The van der Waals surface area contributed by atoms with E-state index in [4.69, 9.17) is 14.2 Å². The van der Waals surface area contributed by atoms with Crippen LogP contribution in [0.1, 0.15) is 47.5 Å². The van der Waals surface area contributed by atoms with Crippen molar-refractivity contribution in [3.63, 3.8) is 0 Å². The number of hydrogen-bond donors (Lipinski definition) is 0. The second kappa shape index (κ2) is 9.31. The lowest BCUT2D eigenvalue weighted by molar-refractivity contribution is -0.147. The number of unbranched alkanes of at least 4 members (excludes halogenated alkanes) is 1. The molecule has 0 heterocycles. The molecule has 0 aromatic heterocycles. The number of esters is 1. The molecule has 1 aliphatic carbocycles. The fourth-order valence-electron chi connectivity index (χ4n) is 2.66. The number of carbonyl (C=O) groups excluding carboxylic acids is 1. The fraction of sp³-hybridized carbons (Fsp3) is 0.833. The molecule has 0 spiro atoms. The van der Waals surface area contributed by atoms with Gasteiger partial charge in [0.15, 0.2) is 0 Å². The average molecular weight is 312 g/mol. The van der Waals surface area contributed by atoms with Crippen LogP contribution in [0, 0.1) is 17.3 Å². The van der Waals surface area contributed by atoms with Gasteiger partial charge in [0.2, 0.25) is 0 Å². The monoisotopic (exact) mass is 312 g/mol. The summed E-state index contributed by atoms with van der Waals surface area (Å²) in [5.41, 5.74) is 1.27. The van der Waals surface area contributed by atoms with Gasteiger partial charge in [0, 0.05) is 6.61 Å². The van der Waals surface area contributed by atoms with Crippen molar-refractivity contribution in [1.82, 2.24) is 0 Å². The Morgan fingerprint density at radius 2 is 1.64 bits per heavy atom. The maximum atomic E-state index is 12.1. The first-order chi connectivity index (χ1) is 10.4. The first-order valence-electron chi connectivity index (χ1n) is 8.38. The molecule has 4 heteroatoms. The molecule has 0 radical (unpaired) electrons. The van der Waals surface area contributed by atoms with Gasteiger partial charge in [-0.15, -0.1) is 0 Å². The Morgan fingerprint density at radius 3 is 2.23 bits per heavy atom. The summed E-state index contributed by atoms with van der Waals surface area (Å²) in [4.78, 5) is 12.1. The number of carbonyl (C=O) groups is 1. The van der Waals surface area contributed by atoms with Gasteiger partial charge < -0.3 is 14.2 Å². The summed E-state index contributed by atoms with van der Waals surface area (Å²) in [6, 6.07) is 0. The van der Waals surface area contributed by atoms with Crippen molar-refractivity contribution in [2.24, 2.45) is 17.3 Å². The third-order valence-corrected chi connectivity index (χ3v) is 4.16. The van der Waals surface area contributed by atoms with E-state index < -0.39 is 0 Å². The molecule has 0 N–H and O–H groups in total. The van der Waals surface area contributed by atoms with Crippen molar-refractivity contribution in [2.45, 2.75) is 47.5 Å². The molecule has 0 aromatic rings. The Labute approximate surface area is 135 Å². The average Bonchev–Trinajstić information content (AvgIpc) is 2.97. The van der Waals surface area contributed by atoms with Crippen LogP contribution in [-0.2, 0) is 19.0 Å². The van der Waals surface area contributed by atoms with Crippen LogP contribution in [0.3, 0.4) is 0 Å². The Bertz CT molecular complexity index is 369. The number of rotatable bonds is 11. The molecule has 1 aliphatic rings. The van der Waals surface area contributed by atoms with Gasteiger partial charge >= 0.3 is 5.97 Å². The van der Waals surface area contributed by atoms with Crippen LogP contribution in [0.25, 0.3) is 0 Å². The molecule has 1 rings (SSSR count). The topological polar surface area (TPSA) is 44.8 Å². The zero-order valence-electron chi connectivity index (χ0n) is 14.8. The molecule has 0 aliphatic heterocycles. The highest BCUT2D eigenvalue weighted by molar-refractivity contribution is 5.78. The summed E-state index contributed by atoms with van der Waals surface area (Å²) in [5, 5.41) is 0. The van der Waals surface area contributed by atoms with Crippen LogP contribution in [0.2, 0.25) is 0 Å². The van der Waals surface area contributed by atoms with Crippen LogP contribution in [-0.4, -0.2) is 39.0 Å².